The standard InChI is InChI=1S/C16H17N3O2S/c1-11(18-16(21)13-9-17-22-10-13)12-4-6-14(7-5-12)19-8-2-3-15(19)20/h4-7,9-11H,2-3,8H2,1H3,(H,18,21). The summed E-state index contributed by atoms with van der Waals surface area (Å²) in [6.07, 6.45) is 3.11. The Labute approximate surface area is 133 Å². The highest BCUT2D eigenvalue weighted by Crippen LogP contribution is 2.23. The van der Waals surface area contributed by atoms with Crippen LogP contribution in [0.1, 0.15) is 41.7 Å². The molecule has 1 unspecified atom stereocenters. The molecular formula is C16H17N3O2S. The Bertz CT molecular complexity index is 667. The lowest BCUT2D eigenvalue weighted by molar-refractivity contribution is -0.117. The number of nitrogens with zero attached hydrogens (tertiary/aromatic N) is 2. The molecule has 1 aromatic carbocycles. The predicted molar refractivity (Wildman–Crippen MR) is 86.0 cm³/mol. The molecule has 2 heterocycles. The number of benzene rings is 1. The van der Waals surface area contributed by atoms with E-state index in [-0.39, 0.29) is 17.9 Å². The SMILES string of the molecule is CC(NC(=O)c1cnsc1)c1ccc(N2CCCC2=O)cc1. The molecule has 1 atom stereocenters. The van der Waals surface area contributed by atoms with Gasteiger partial charge in [-0.3, -0.25) is 9.59 Å². The summed E-state index contributed by atoms with van der Waals surface area (Å²) in [5, 5.41) is 4.67. The summed E-state index contributed by atoms with van der Waals surface area (Å²) in [5.41, 5.74) is 2.51. The van der Waals surface area contributed by atoms with Crippen molar-refractivity contribution in [1.82, 2.24) is 9.69 Å². The molecule has 0 bridgehead atoms. The highest BCUT2D eigenvalue weighted by molar-refractivity contribution is 7.03. The van der Waals surface area contributed by atoms with E-state index < -0.39 is 0 Å². The highest BCUT2D eigenvalue weighted by Gasteiger charge is 2.21. The van der Waals surface area contributed by atoms with Gasteiger partial charge in [-0.2, -0.15) is 0 Å². The zero-order chi connectivity index (χ0) is 15.5. The van der Waals surface area contributed by atoms with Crippen molar-refractivity contribution in [3.63, 3.8) is 0 Å². The fourth-order valence-corrected chi connectivity index (χ4v) is 3.06. The van der Waals surface area contributed by atoms with Crippen molar-refractivity contribution in [1.29, 1.82) is 0 Å². The molecule has 1 aliphatic heterocycles. The van der Waals surface area contributed by atoms with Crippen molar-refractivity contribution in [2.75, 3.05) is 11.4 Å². The minimum atomic E-state index is -0.125. The highest BCUT2D eigenvalue weighted by atomic mass is 32.1. The Hall–Kier alpha value is -2.21. The predicted octanol–water partition coefficient (Wildman–Crippen LogP) is 2.76. The van der Waals surface area contributed by atoms with E-state index >= 15 is 0 Å². The zero-order valence-electron chi connectivity index (χ0n) is 12.3. The van der Waals surface area contributed by atoms with Crippen LogP contribution in [0.25, 0.3) is 0 Å². The molecule has 0 saturated carbocycles. The van der Waals surface area contributed by atoms with Crippen LogP contribution >= 0.6 is 11.5 Å². The Balaban J connectivity index is 1.67. The van der Waals surface area contributed by atoms with Crippen molar-refractivity contribution in [2.45, 2.75) is 25.8 Å². The third kappa shape index (κ3) is 3.01. The summed E-state index contributed by atoms with van der Waals surface area (Å²) in [4.78, 5) is 25.6. The van der Waals surface area contributed by atoms with Gasteiger partial charge in [0.05, 0.1) is 17.8 Å². The summed E-state index contributed by atoms with van der Waals surface area (Å²) in [6, 6.07) is 7.69. The first-order valence-electron chi connectivity index (χ1n) is 7.26. The second kappa shape index (κ2) is 6.27. The molecule has 1 fully saturated rings. The number of carbonyl (C=O) groups is 2. The Kier molecular flexibility index (Phi) is 4.20. The number of amides is 2. The van der Waals surface area contributed by atoms with Crippen LogP contribution in [0.5, 0.6) is 0 Å². The van der Waals surface area contributed by atoms with E-state index in [4.69, 9.17) is 0 Å². The van der Waals surface area contributed by atoms with Gasteiger partial charge in [-0.25, -0.2) is 4.37 Å². The number of aromatic nitrogens is 1. The molecule has 3 rings (SSSR count). The second-order valence-electron chi connectivity index (χ2n) is 5.35. The average Bonchev–Trinajstić information content (AvgIpc) is 3.18. The van der Waals surface area contributed by atoms with Crippen molar-refractivity contribution in [3.8, 4) is 0 Å². The lowest BCUT2D eigenvalue weighted by atomic mass is 10.1. The zero-order valence-corrected chi connectivity index (χ0v) is 13.1. The number of anilines is 1. The molecule has 0 spiro atoms. The van der Waals surface area contributed by atoms with Crippen molar-refractivity contribution < 1.29 is 9.59 Å². The Morgan fingerprint density at radius 2 is 2.14 bits per heavy atom. The normalized spacial score (nSPS) is 15.9. The largest absolute Gasteiger partial charge is 0.345 e. The van der Waals surface area contributed by atoms with Crippen LogP contribution in [-0.2, 0) is 4.79 Å². The molecule has 5 nitrogen and oxygen atoms in total. The molecular weight excluding hydrogens is 298 g/mol. The van der Waals surface area contributed by atoms with Gasteiger partial charge in [0, 0.05) is 24.0 Å². The monoisotopic (exact) mass is 315 g/mol. The molecule has 1 aliphatic rings. The molecule has 2 aromatic rings. The molecule has 22 heavy (non-hydrogen) atoms. The van der Waals surface area contributed by atoms with E-state index in [1.54, 1.807) is 11.6 Å². The fraction of sp³-hybridized carbons (Fsp3) is 0.312. The van der Waals surface area contributed by atoms with Crippen LogP contribution in [0.4, 0.5) is 5.69 Å². The number of nitrogens with one attached hydrogen (secondary N) is 1. The number of hydrogen-bond acceptors (Lipinski definition) is 4. The van der Waals surface area contributed by atoms with Crippen LogP contribution < -0.4 is 10.2 Å². The molecule has 114 valence electrons. The van der Waals surface area contributed by atoms with Gasteiger partial charge in [-0.1, -0.05) is 12.1 Å². The number of carbonyl (C=O) groups excluding carboxylic acids is 2. The Morgan fingerprint density at radius 3 is 2.73 bits per heavy atom. The first-order valence-corrected chi connectivity index (χ1v) is 8.09. The molecule has 1 saturated heterocycles. The summed E-state index contributed by atoms with van der Waals surface area (Å²) < 4.78 is 3.93. The summed E-state index contributed by atoms with van der Waals surface area (Å²) in [7, 11) is 0. The average molecular weight is 315 g/mol. The van der Waals surface area contributed by atoms with Crippen LogP contribution in [0.3, 0.4) is 0 Å². The van der Waals surface area contributed by atoms with Crippen LogP contribution in [-0.4, -0.2) is 22.7 Å². The van der Waals surface area contributed by atoms with E-state index in [1.807, 2.05) is 36.1 Å². The first-order chi connectivity index (χ1) is 10.6. The third-order valence-electron chi connectivity index (χ3n) is 3.82. The van der Waals surface area contributed by atoms with E-state index in [0.29, 0.717) is 12.0 Å². The molecule has 6 heteroatoms. The lowest BCUT2D eigenvalue weighted by Crippen LogP contribution is -2.26. The quantitative estimate of drug-likeness (QED) is 0.943. The van der Waals surface area contributed by atoms with E-state index in [1.165, 1.54) is 11.5 Å². The van der Waals surface area contributed by atoms with Gasteiger partial charge < -0.3 is 10.2 Å². The minimum Gasteiger partial charge on any atom is -0.345 e. The van der Waals surface area contributed by atoms with Crippen molar-refractivity contribution in [2.24, 2.45) is 0 Å². The van der Waals surface area contributed by atoms with Gasteiger partial charge >= 0.3 is 0 Å². The number of rotatable bonds is 4. The van der Waals surface area contributed by atoms with Gasteiger partial charge in [0.1, 0.15) is 0 Å². The third-order valence-corrected chi connectivity index (χ3v) is 4.41. The molecule has 1 N–H and O–H groups in total. The second-order valence-corrected chi connectivity index (χ2v) is 6.01. The minimum absolute atomic E-state index is 0.101. The van der Waals surface area contributed by atoms with Crippen LogP contribution in [0, 0.1) is 0 Å². The maximum absolute atomic E-state index is 12.0. The van der Waals surface area contributed by atoms with Crippen molar-refractivity contribution in [3.05, 3.63) is 47.0 Å². The summed E-state index contributed by atoms with van der Waals surface area (Å²) in [5.74, 6) is 0.0547. The van der Waals surface area contributed by atoms with Gasteiger partial charge in [0.2, 0.25) is 5.91 Å². The smallest absolute Gasteiger partial charge is 0.254 e. The fourth-order valence-electron chi connectivity index (χ4n) is 2.54. The van der Waals surface area contributed by atoms with Gasteiger partial charge in [-0.15, -0.1) is 0 Å². The topological polar surface area (TPSA) is 62.3 Å². The van der Waals surface area contributed by atoms with E-state index in [9.17, 15) is 9.59 Å². The molecule has 0 radical (unpaired) electrons. The lowest BCUT2D eigenvalue weighted by Gasteiger charge is -2.18. The maximum Gasteiger partial charge on any atom is 0.254 e. The first kappa shape index (κ1) is 14.7. The van der Waals surface area contributed by atoms with E-state index in [0.717, 1.165) is 24.2 Å². The van der Waals surface area contributed by atoms with Crippen LogP contribution in [0.2, 0.25) is 0 Å². The van der Waals surface area contributed by atoms with Gasteiger partial charge in [0.15, 0.2) is 0 Å². The van der Waals surface area contributed by atoms with Crippen molar-refractivity contribution >= 4 is 29.0 Å². The molecule has 1 aromatic heterocycles. The summed E-state index contributed by atoms with van der Waals surface area (Å²) >= 11 is 1.26. The number of hydrogen-bond donors (Lipinski definition) is 1. The maximum atomic E-state index is 12.0. The summed E-state index contributed by atoms with van der Waals surface area (Å²) in [6.45, 7) is 2.73. The van der Waals surface area contributed by atoms with Crippen LogP contribution in [0.15, 0.2) is 35.8 Å². The molecule has 2 amide bonds. The Morgan fingerprint density at radius 1 is 1.36 bits per heavy atom. The molecule has 0 aliphatic carbocycles. The van der Waals surface area contributed by atoms with E-state index in [2.05, 4.69) is 9.69 Å². The van der Waals surface area contributed by atoms with Gasteiger partial charge in [0.25, 0.3) is 5.91 Å². The van der Waals surface area contributed by atoms with Gasteiger partial charge in [-0.05, 0) is 42.6 Å².